The van der Waals surface area contributed by atoms with Gasteiger partial charge in [-0.15, -0.1) is 0 Å². The Hall–Kier alpha value is -14.4. The van der Waals surface area contributed by atoms with Crippen molar-refractivity contribution < 1.29 is 82.8 Å². The zero-order valence-corrected chi connectivity index (χ0v) is 86.6. The van der Waals surface area contributed by atoms with Gasteiger partial charge in [0.05, 0.1) is 36.3 Å². The molecule has 0 heterocycles. The van der Waals surface area contributed by atoms with Crippen molar-refractivity contribution in [2.75, 3.05) is 105 Å². The molecule has 0 saturated carbocycles. The number of phenols is 4. The van der Waals surface area contributed by atoms with Crippen LogP contribution in [-0.4, -0.2) is 277 Å². The molecule has 40 N–H and O–H groups in total. The van der Waals surface area contributed by atoms with Crippen molar-refractivity contribution in [2.24, 2.45) is 64.0 Å². The minimum absolute atomic E-state index is 0.00791. The van der Waals surface area contributed by atoms with E-state index < -0.39 is 96.6 Å². The molecule has 146 heavy (non-hydrogen) atoms. The van der Waals surface area contributed by atoms with E-state index in [1.54, 1.807) is 86.6 Å². The van der Waals surface area contributed by atoms with E-state index in [0.29, 0.717) is 70.5 Å². The molecule has 47 nitrogen and oxygen atoms in total. The number of carbonyl (C=O) groups excluding carboxylic acids is 13. The van der Waals surface area contributed by atoms with Gasteiger partial charge in [0.25, 0.3) is 0 Å². The topological polar surface area (TPSA) is 748 Å². The van der Waals surface area contributed by atoms with Crippen molar-refractivity contribution >= 4 is 78.4 Å². The quantitative estimate of drug-likeness (QED) is 0.0248. The maximum Gasteiger partial charge on any atom is 0.315 e. The summed E-state index contributed by atoms with van der Waals surface area (Å²) in [5.41, 5.74) is 38.4. The first-order valence-corrected chi connectivity index (χ1v) is 49.9. The van der Waals surface area contributed by atoms with Crippen LogP contribution < -0.4 is 162 Å². The van der Waals surface area contributed by atoms with Crippen LogP contribution in [0.15, 0.2) is 127 Å². The lowest BCUT2D eigenvalue weighted by atomic mass is 10.0. The monoisotopic (exact) mass is 2050 g/mol. The van der Waals surface area contributed by atoms with Gasteiger partial charge in [0.15, 0.2) is 0 Å². The molecule has 0 aliphatic carbocycles. The van der Waals surface area contributed by atoms with Gasteiger partial charge in [0.1, 0.15) is 23.0 Å². The lowest BCUT2D eigenvalue weighted by molar-refractivity contribution is 0.221. The van der Waals surface area contributed by atoms with Gasteiger partial charge in [-0.05, 0) is 197 Å². The Morgan fingerprint density at radius 2 is 0.527 bits per heavy atom. The number of aromatic hydroxyl groups is 4. The smallest absolute Gasteiger partial charge is 0.315 e. The number of amides is 26. The maximum absolute atomic E-state index is 13.1. The third-order valence-corrected chi connectivity index (χ3v) is 22.8. The molecule has 47 heteroatoms. The fourth-order valence-electron chi connectivity index (χ4n) is 14.4. The Labute approximate surface area is 857 Å². The molecule has 5 rings (SSSR count). The van der Waals surface area contributed by atoms with E-state index in [1.807, 2.05) is 85.7 Å². The average molecular weight is 2050 g/mol. The number of carbonyl (C=O) groups is 13. The number of nitrogens with two attached hydrogens (primary N) is 6. The molecule has 5 aromatic carbocycles. The third kappa shape index (κ3) is 61.6. The molecule has 13 atom stereocenters. The van der Waals surface area contributed by atoms with Gasteiger partial charge in [-0.1, -0.05) is 154 Å². The van der Waals surface area contributed by atoms with Crippen LogP contribution in [0.3, 0.4) is 0 Å². The summed E-state index contributed by atoms with van der Waals surface area (Å²) in [6.45, 7) is 24.9. The van der Waals surface area contributed by atoms with Crippen LogP contribution >= 0.6 is 0 Å². The van der Waals surface area contributed by atoms with Gasteiger partial charge >= 0.3 is 78.4 Å². The molecule has 0 aliphatic heterocycles. The first kappa shape index (κ1) is 126. The Bertz CT molecular complexity index is 4620. The number of phenolic OH excluding ortho intramolecular Hbond substituents is 4. The number of rotatable bonds is 59. The largest absolute Gasteiger partial charge is 0.508 e. The third-order valence-electron chi connectivity index (χ3n) is 22.8. The molecule has 5 aromatic rings. The number of benzene rings is 5. The molecule has 0 spiro atoms. The van der Waals surface area contributed by atoms with E-state index >= 15 is 0 Å². The highest BCUT2D eigenvalue weighted by molar-refractivity contribution is 5.80. The van der Waals surface area contributed by atoms with Crippen LogP contribution in [0.5, 0.6) is 23.0 Å². The first-order chi connectivity index (χ1) is 69.3. The lowest BCUT2D eigenvalue weighted by Crippen LogP contribution is -2.55. The predicted molar refractivity (Wildman–Crippen MR) is 564 cm³/mol. The van der Waals surface area contributed by atoms with Crippen LogP contribution in [-0.2, 0) is 32.1 Å². The van der Waals surface area contributed by atoms with Crippen molar-refractivity contribution in [3.8, 4) is 23.0 Å². The summed E-state index contributed by atoms with van der Waals surface area (Å²) in [6.07, 6.45) is 8.01. The fraction of sp³-hybridized carbons (Fsp3) is 0.566. The molecule has 0 radical (unpaired) electrons. The molecule has 0 aromatic heterocycles. The number of nitrogens with one attached hydrogen (secondary N) is 24. The van der Waals surface area contributed by atoms with E-state index in [9.17, 15) is 82.8 Å². The normalized spacial score (nSPS) is 13.5. The SMILES string of the molecule is CC(C)[C@@H](CNC(=O)N[C@H](CNC(N)=O)Cc1ccc(O)cc1)NC(=O)NC[C@H](C)NC(=O)NC[C@@H](C)CCCCN.CC(C)[C@@H](CNC(=O)N[C@H](CNC(N)=O)Cc1ccc(O)cc1)NC(=O)NC[C@H](C)NC(=O)NC[C@@H](N)Cc1ccc(O)cc1.CNC(=O)NC[C@H](Cc1ccccc1)NC(=O)NC[C@@H](NC(=O)NC[C@H](CC(C)C)NC(=O)NC[C@H](CCCCN)NC(=O)NC[C@@H](N)Cc1ccc(O)cc1)C(C)C. The highest BCUT2D eigenvalue weighted by atomic mass is 16.3. The van der Waals surface area contributed by atoms with Crippen LogP contribution in [0, 0.1) is 29.6 Å². The van der Waals surface area contributed by atoms with Crippen molar-refractivity contribution in [1.82, 2.24) is 128 Å². The van der Waals surface area contributed by atoms with E-state index in [2.05, 4.69) is 135 Å². The second kappa shape index (κ2) is 72.0. The molecule has 0 bridgehead atoms. The van der Waals surface area contributed by atoms with E-state index in [1.165, 1.54) is 31.3 Å². The Morgan fingerprint density at radius 3 is 0.856 bits per heavy atom. The van der Waals surface area contributed by atoms with Crippen molar-refractivity contribution in [3.63, 3.8) is 0 Å². The Morgan fingerprint density at radius 1 is 0.267 bits per heavy atom. The summed E-state index contributed by atoms with van der Waals surface area (Å²) in [6, 6.07) is 25.3. The maximum atomic E-state index is 13.1. The van der Waals surface area contributed by atoms with Crippen LogP contribution in [0.25, 0.3) is 0 Å². The fourth-order valence-corrected chi connectivity index (χ4v) is 14.4. The summed E-state index contributed by atoms with van der Waals surface area (Å²) in [7, 11) is 1.52. The molecule has 26 amide bonds. The lowest BCUT2D eigenvalue weighted by Gasteiger charge is -2.26. The number of urea groups is 13. The molecular weight excluding hydrogens is 1880 g/mol. The van der Waals surface area contributed by atoms with Gasteiger partial charge in [-0.2, -0.15) is 0 Å². The summed E-state index contributed by atoms with van der Waals surface area (Å²) in [5, 5.41) is 105. The first-order valence-electron chi connectivity index (χ1n) is 49.9. The van der Waals surface area contributed by atoms with Crippen LogP contribution in [0.4, 0.5) is 62.3 Å². The van der Waals surface area contributed by atoms with Gasteiger partial charge in [0, 0.05) is 128 Å². The van der Waals surface area contributed by atoms with E-state index in [4.69, 9.17) is 34.4 Å². The second-order valence-corrected chi connectivity index (χ2v) is 37.8. The van der Waals surface area contributed by atoms with E-state index in [0.717, 1.165) is 59.9 Å². The molecule has 0 aliphatic rings. The molecule has 0 fully saturated rings. The molecule has 0 saturated heterocycles. The number of hydrogen-bond donors (Lipinski definition) is 34. The number of unbranched alkanes of at least 4 members (excludes halogenated alkanes) is 2. The van der Waals surface area contributed by atoms with Gasteiger partial charge < -0.3 is 182 Å². The van der Waals surface area contributed by atoms with Crippen molar-refractivity contribution in [2.45, 2.75) is 226 Å². The summed E-state index contributed by atoms with van der Waals surface area (Å²) < 4.78 is 0. The summed E-state index contributed by atoms with van der Waals surface area (Å²) in [4.78, 5) is 161. The minimum Gasteiger partial charge on any atom is -0.508 e. The highest BCUT2D eigenvalue weighted by Gasteiger charge is 2.27. The standard InChI is InChI=1S/C41H70N12O6.C30H47N9O6.C28H51N9O5/c1-27(2)19-33(51-39(57)47-23-32(13-9-10-18-42)50-38(56)45-22-31(43)20-30-14-16-35(54)17-15-30)24-48-41(59)53-36(28(3)4)26-49-40(58)52-34(25-46-37(55)44-5)21-29-11-7-6-8-12-29;1-18(2)26(17-36-29(44)38-23(16-33-27(32)42)13-21-6-10-25(41)11-7-21)39-30(45)34-14-19(3)37-28(43)35-15-22(31)12-20-4-8-24(40)9-5-20;1-18(2)24(37-28(42)33-15-20(4)35-26(40)32-14-19(3)7-5-6-12-29)17-34-27(41)36-22(16-31-25(30)39)13-21-8-10-23(38)11-9-21/h6-8,11-12,14-17,27-28,31-34,36,54H,9-10,13,18-26,42-43H2,1-5H3,(H2,44,46,55)(H2,45,50,56)(H2,47,51,57)(H2,48,53,59)(H2,49,52,58);4-11,18-19,22-23,26,40-41H,12-17,31H2,1-3H3,(H3,32,33,42)(H2,34,39,45)(H2,35,37,43)(H2,36,38,44);8-11,18-20,22,24,38H,5-7,12-17,29H2,1-4H3,(H3,30,31,39)(H2,32,35,40)(H2,33,37,42)(H2,34,36,41)/t31-,32-,33-,34-,36+;19-,22-,23-,26+;19-,20-,22-,24+/m000/s1. The van der Waals surface area contributed by atoms with Gasteiger partial charge in [-0.3, -0.25) is 0 Å². The van der Waals surface area contributed by atoms with Crippen LogP contribution in [0.1, 0.15) is 149 Å². The Balaban J connectivity index is 0.000000573. The zero-order chi connectivity index (χ0) is 108. The van der Waals surface area contributed by atoms with Crippen LogP contribution in [0.2, 0.25) is 0 Å². The molecular formula is C99H168N30O17. The summed E-state index contributed by atoms with van der Waals surface area (Å²) >= 11 is 0. The highest BCUT2D eigenvalue weighted by Crippen LogP contribution is 2.18. The average Bonchev–Trinajstić information content (AvgIpc) is 0.897. The number of hydrogen-bond acceptors (Lipinski definition) is 21. The Kier molecular flexibility index (Phi) is 62.0. The minimum atomic E-state index is -0.723. The van der Waals surface area contributed by atoms with Gasteiger partial charge in [-0.25, -0.2) is 62.3 Å². The number of primary amides is 2. The zero-order valence-electron chi connectivity index (χ0n) is 86.6. The summed E-state index contributed by atoms with van der Waals surface area (Å²) in [5.74, 6) is 1.10. The van der Waals surface area contributed by atoms with Crippen molar-refractivity contribution in [3.05, 3.63) is 155 Å². The van der Waals surface area contributed by atoms with Gasteiger partial charge in [0.2, 0.25) is 0 Å². The molecule has 0 unspecified atom stereocenters. The predicted octanol–water partition coefficient (Wildman–Crippen LogP) is 3.54. The van der Waals surface area contributed by atoms with Crippen molar-refractivity contribution in [1.29, 1.82) is 0 Å². The second-order valence-electron chi connectivity index (χ2n) is 37.8. The van der Waals surface area contributed by atoms with E-state index in [-0.39, 0.29) is 180 Å². The molecule has 816 valence electrons.